The van der Waals surface area contributed by atoms with Gasteiger partial charge in [0.2, 0.25) is 0 Å². The number of ether oxygens (including phenoxy) is 1. The highest BCUT2D eigenvalue weighted by atomic mass is 127. The minimum absolute atomic E-state index is 0. The van der Waals surface area contributed by atoms with Crippen LogP contribution in [0, 0.1) is 0 Å². The minimum Gasteiger partial charge on any atom is -0.508 e. The summed E-state index contributed by atoms with van der Waals surface area (Å²) in [4.78, 5) is 16.3. The number of carbonyl (C=O) groups is 1. The summed E-state index contributed by atoms with van der Waals surface area (Å²) in [5.74, 6) is 1.43. The molecule has 0 radical (unpaired) electrons. The number of methoxy groups -OCH3 is 1. The van der Waals surface area contributed by atoms with E-state index in [1.165, 1.54) is 0 Å². The predicted octanol–water partition coefficient (Wildman–Crippen LogP) is 2.68. The van der Waals surface area contributed by atoms with Gasteiger partial charge in [0.05, 0.1) is 13.7 Å². The number of nitrogens with zero attached hydrogens (tertiary/aromatic N) is 1. The minimum atomic E-state index is -0.0946. The molecule has 2 aromatic carbocycles. The second-order valence-corrected chi connectivity index (χ2v) is 6.15. The SMILES string of the molecule is CCNC(=NCc1cc(OC)ccc1O)NCCc1cccc(C(=O)NC)c1.I. The molecule has 2 rings (SSSR count). The van der Waals surface area contributed by atoms with Crippen LogP contribution < -0.4 is 20.7 Å². The number of rotatable bonds is 8. The Labute approximate surface area is 189 Å². The number of hydrogen-bond donors (Lipinski definition) is 4. The summed E-state index contributed by atoms with van der Waals surface area (Å²) >= 11 is 0. The van der Waals surface area contributed by atoms with Gasteiger partial charge in [0, 0.05) is 31.3 Å². The number of guanidine groups is 1. The summed E-state index contributed by atoms with van der Waals surface area (Å²) in [6.45, 7) is 3.70. The maximum Gasteiger partial charge on any atom is 0.251 e. The van der Waals surface area contributed by atoms with Gasteiger partial charge in [-0.2, -0.15) is 0 Å². The molecule has 7 nitrogen and oxygen atoms in total. The number of carbonyl (C=O) groups excluding carboxylic acids is 1. The molecule has 0 heterocycles. The molecule has 0 bridgehead atoms. The van der Waals surface area contributed by atoms with Gasteiger partial charge >= 0.3 is 0 Å². The summed E-state index contributed by atoms with van der Waals surface area (Å²) in [7, 11) is 3.21. The third kappa shape index (κ3) is 7.80. The monoisotopic (exact) mass is 512 g/mol. The van der Waals surface area contributed by atoms with Crippen LogP contribution in [-0.2, 0) is 13.0 Å². The van der Waals surface area contributed by atoms with E-state index in [9.17, 15) is 9.90 Å². The molecule has 0 aliphatic rings. The van der Waals surface area contributed by atoms with E-state index in [0.717, 1.165) is 18.5 Å². The van der Waals surface area contributed by atoms with Gasteiger partial charge in [0.1, 0.15) is 11.5 Å². The van der Waals surface area contributed by atoms with Gasteiger partial charge in [-0.15, -0.1) is 24.0 Å². The molecule has 2 aromatic rings. The van der Waals surface area contributed by atoms with Crippen molar-refractivity contribution in [2.24, 2.45) is 4.99 Å². The van der Waals surface area contributed by atoms with Gasteiger partial charge in [-0.25, -0.2) is 4.99 Å². The Morgan fingerprint density at radius 3 is 2.66 bits per heavy atom. The molecule has 8 heteroatoms. The smallest absolute Gasteiger partial charge is 0.251 e. The maximum absolute atomic E-state index is 11.7. The fourth-order valence-electron chi connectivity index (χ4n) is 2.66. The lowest BCUT2D eigenvalue weighted by Gasteiger charge is -2.12. The number of hydrogen-bond acceptors (Lipinski definition) is 4. The number of benzene rings is 2. The first-order chi connectivity index (χ1) is 13.6. The van der Waals surface area contributed by atoms with Crippen LogP contribution in [0.2, 0.25) is 0 Å². The molecular weight excluding hydrogens is 483 g/mol. The number of halogens is 1. The van der Waals surface area contributed by atoms with Gasteiger partial charge in [-0.1, -0.05) is 12.1 Å². The normalized spacial score (nSPS) is 10.7. The van der Waals surface area contributed by atoms with Crippen molar-refractivity contribution in [2.45, 2.75) is 19.9 Å². The number of aliphatic imine (C=N–C) groups is 1. The molecule has 0 unspecified atom stereocenters. The van der Waals surface area contributed by atoms with Crippen molar-refractivity contribution in [3.63, 3.8) is 0 Å². The van der Waals surface area contributed by atoms with Crippen LogP contribution in [-0.4, -0.2) is 44.2 Å². The van der Waals surface area contributed by atoms with Gasteiger partial charge < -0.3 is 25.8 Å². The Kier molecular flexibility index (Phi) is 10.9. The van der Waals surface area contributed by atoms with Crippen LogP contribution >= 0.6 is 24.0 Å². The van der Waals surface area contributed by atoms with Gasteiger partial charge in [0.25, 0.3) is 5.91 Å². The first kappa shape index (κ1) is 24.5. The van der Waals surface area contributed by atoms with Crippen LogP contribution in [0.25, 0.3) is 0 Å². The lowest BCUT2D eigenvalue weighted by molar-refractivity contribution is 0.0963. The largest absolute Gasteiger partial charge is 0.508 e. The van der Waals surface area contributed by atoms with Crippen molar-refractivity contribution in [3.8, 4) is 11.5 Å². The third-order valence-electron chi connectivity index (χ3n) is 4.16. The first-order valence-corrected chi connectivity index (χ1v) is 9.26. The number of amides is 1. The van der Waals surface area contributed by atoms with E-state index in [4.69, 9.17) is 4.74 Å². The van der Waals surface area contributed by atoms with E-state index < -0.39 is 0 Å². The van der Waals surface area contributed by atoms with Gasteiger partial charge in [-0.05, 0) is 49.2 Å². The summed E-state index contributed by atoms with van der Waals surface area (Å²) in [6, 6.07) is 12.6. The second-order valence-electron chi connectivity index (χ2n) is 6.15. The molecule has 0 aliphatic carbocycles. The molecule has 0 saturated heterocycles. The molecule has 1 amide bonds. The van der Waals surface area contributed by atoms with E-state index in [2.05, 4.69) is 20.9 Å². The zero-order chi connectivity index (χ0) is 20.4. The van der Waals surface area contributed by atoms with Crippen LogP contribution in [0.4, 0.5) is 0 Å². The van der Waals surface area contributed by atoms with E-state index in [1.54, 1.807) is 38.4 Å². The van der Waals surface area contributed by atoms with Crippen LogP contribution in [0.3, 0.4) is 0 Å². The quantitative estimate of drug-likeness (QED) is 0.248. The predicted molar refractivity (Wildman–Crippen MR) is 126 cm³/mol. The average Bonchev–Trinajstić information content (AvgIpc) is 2.72. The molecule has 0 aliphatic heterocycles. The zero-order valence-corrected chi connectivity index (χ0v) is 19.3. The molecule has 0 aromatic heterocycles. The first-order valence-electron chi connectivity index (χ1n) is 9.26. The number of aromatic hydroxyl groups is 1. The van der Waals surface area contributed by atoms with Gasteiger partial charge in [0.15, 0.2) is 5.96 Å². The zero-order valence-electron chi connectivity index (χ0n) is 17.0. The lowest BCUT2D eigenvalue weighted by Crippen LogP contribution is -2.38. The fourth-order valence-corrected chi connectivity index (χ4v) is 2.66. The van der Waals surface area contributed by atoms with Crippen molar-refractivity contribution in [1.82, 2.24) is 16.0 Å². The summed E-state index contributed by atoms with van der Waals surface area (Å²) in [6.07, 6.45) is 0.750. The molecule has 0 fully saturated rings. The highest BCUT2D eigenvalue weighted by Gasteiger charge is 2.06. The van der Waals surface area contributed by atoms with E-state index >= 15 is 0 Å². The number of phenols is 1. The average molecular weight is 512 g/mol. The Morgan fingerprint density at radius 1 is 1.17 bits per heavy atom. The Bertz CT molecular complexity index is 827. The van der Waals surface area contributed by atoms with Crippen molar-refractivity contribution >= 4 is 35.8 Å². The van der Waals surface area contributed by atoms with E-state index in [-0.39, 0.29) is 35.6 Å². The van der Waals surface area contributed by atoms with Crippen molar-refractivity contribution < 1.29 is 14.6 Å². The fraction of sp³-hybridized carbons (Fsp3) is 0.333. The topological polar surface area (TPSA) is 95.0 Å². The number of nitrogens with one attached hydrogen (secondary N) is 3. The summed E-state index contributed by atoms with van der Waals surface area (Å²) in [5, 5.41) is 19.1. The van der Waals surface area contributed by atoms with Crippen LogP contribution in [0.1, 0.15) is 28.4 Å². The number of phenolic OH excluding ortho intramolecular Hbond substituents is 1. The van der Waals surface area contributed by atoms with Crippen molar-refractivity contribution in [1.29, 1.82) is 0 Å². The molecule has 158 valence electrons. The van der Waals surface area contributed by atoms with Gasteiger partial charge in [-0.3, -0.25) is 4.79 Å². The van der Waals surface area contributed by atoms with Crippen molar-refractivity contribution in [3.05, 3.63) is 59.2 Å². The molecule has 0 atom stereocenters. The van der Waals surface area contributed by atoms with Crippen LogP contribution in [0.5, 0.6) is 11.5 Å². The molecular formula is C21H29IN4O3. The summed E-state index contributed by atoms with van der Waals surface area (Å²) in [5.41, 5.74) is 2.40. The highest BCUT2D eigenvalue weighted by Crippen LogP contribution is 2.23. The Morgan fingerprint density at radius 2 is 1.97 bits per heavy atom. The Balaban J connectivity index is 0.00000420. The molecule has 0 spiro atoms. The van der Waals surface area contributed by atoms with E-state index in [0.29, 0.717) is 35.9 Å². The highest BCUT2D eigenvalue weighted by molar-refractivity contribution is 14.0. The van der Waals surface area contributed by atoms with Crippen LogP contribution in [0.15, 0.2) is 47.5 Å². The summed E-state index contributed by atoms with van der Waals surface area (Å²) < 4.78 is 5.19. The van der Waals surface area contributed by atoms with E-state index in [1.807, 2.05) is 25.1 Å². The third-order valence-corrected chi connectivity index (χ3v) is 4.16. The van der Waals surface area contributed by atoms with Crippen molar-refractivity contribution in [2.75, 3.05) is 27.2 Å². The lowest BCUT2D eigenvalue weighted by atomic mass is 10.1. The standard InChI is InChI=1S/C21H28N4O3.HI/c1-4-23-21(25-14-17-13-18(28-3)8-9-19(17)26)24-11-10-15-6-5-7-16(12-15)20(27)22-2;/h5-9,12-13,26H,4,10-11,14H2,1-3H3,(H,22,27)(H2,23,24,25);1H. The molecule has 29 heavy (non-hydrogen) atoms. The second kappa shape index (κ2) is 12.9. The molecule has 0 saturated carbocycles. The maximum atomic E-state index is 11.7. The molecule has 4 N–H and O–H groups in total. The Hall–Kier alpha value is -2.49.